The number of hydrogen-bond acceptors (Lipinski definition) is 5. The molecule has 0 saturated carbocycles. The number of carbonyl (C=O) groups is 1. The van der Waals surface area contributed by atoms with Crippen molar-refractivity contribution in [2.45, 2.75) is 32.0 Å². The summed E-state index contributed by atoms with van der Waals surface area (Å²) in [5.41, 5.74) is 1.74. The largest absolute Gasteiger partial charge is 0.469 e. The van der Waals surface area contributed by atoms with Gasteiger partial charge in [-0.25, -0.2) is 4.39 Å². The first kappa shape index (κ1) is 19.8. The number of pyridine rings is 1. The third-order valence-corrected chi connectivity index (χ3v) is 6.28. The van der Waals surface area contributed by atoms with E-state index in [-0.39, 0.29) is 42.0 Å². The molecule has 3 heterocycles. The SMILES string of the molecule is CCCN1[C@@H]2c3ccc(-c4ccc(F)cc4)c(=O)n3C[C@H]1[C@H](CO)[C@H]2C(=O)OC. The van der Waals surface area contributed by atoms with Crippen LogP contribution in [-0.2, 0) is 16.1 Å². The van der Waals surface area contributed by atoms with Crippen LogP contribution in [-0.4, -0.2) is 46.8 Å². The monoisotopic (exact) mass is 400 g/mol. The highest BCUT2D eigenvalue weighted by molar-refractivity contribution is 5.75. The molecule has 2 bridgehead atoms. The lowest BCUT2D eigenvalue weighted by Gasteiger charge is -2.38. The van der Waals surface area contributed by atoms with E-state index in [4.69, 9.17) is 4.74 Å². The number of nitrogens with zero attached hydrogens (tertiary/aromatic N) is 2. The molecule has 0 aliphatic carbocycles. The lowest BCUT2D eigenvalue weighted by molar-refractivity contribution is -0.148. The molecule has 7 heteroatoms. The van der Waals surface area contributed by atoms with E-state index >= 15 is 0 Å². The van der Waals surface area contributed by atoms with Gasteiger partial charge in [0.15, 0.2) is 0 Å². The van der Waals surface area contributed by atoms with Crippen LogP contribution in [0.1, 0.15) is 25.1 Å². The number of aliphatic hydroxyl groups excluding tert-OH is 1. The lowest BCUT2D eigenvalue weighted by atomic mass is 9.87. The summed E-state index contributed by atoms with van der Waals surface area (Å²) in [5, 5.41) is 10.1. The Morgan fingerprint density at radius 1 is 1.24 bits per heavy atom. The van der Waals surface area contributed by atoms with Crippen LogP contribution in [0.3, 0.4) is 0 Å². The second-order valence-electron chi connectivity index (χ2n) is 7.74. The summed E-state index contributed by atoms with van der Waals surface area (Å²) < 4.78 is 20.0. The smallest absolute Gasteiger partial charge is 0.311 e. The zero-order valence-corrected chi connectivity index (χ0v) is 16.5. The molecule has 4 rings (SSSR count). The minimum absolute atomic E-state index is 0.122. The Kier molecular flexibility index (Phi) is 5.27. The fourth-order valence-electron chi connectivity index (χ4n) is 5.04. The van der Waals surface area contributed by atoms with Crippen LogP contribution in [0.15, 0.2) is 41.2 Å². The molecule has 6 nitrogen and oxygen atoms in total. The Balaban J connectivity index is 1.85. The number of aliphatic hydroxyl groups is 1. The Morgan fingerprint density at radius 2 is 1.97 bits per heavy atom. The van der Waals surface area contributed by atoms with Crippen LogP contribution in [0.25, 0.3) is 11.1 Å². The molecule has 0 amide bonds. The molecular formula is C22H25FN2O4. The minimum atomic E-state index is -0.522. The van der Waals surface area contributed by atoms with Gasteiger partial charge in [0, 0.05) is 36.4 Å². The molecule has 1 N–H and O–H groups in total. The Hall–Kier alpha value is -2.51. The molecule has 154 valence electrons. The topological polar surface area (TPSA) is 71.8 Å². The quantitative estimate of drug-likeness (QED) is 0.779. The number of carbonyl (C=O) groups excluding carboxylic acids is 1. The van der Waals surface area contributed by atoms with Gasteiger partial charge in [-0.15, -0.1) is 0 Å². The highest BCUT2D eigenvalue weighted by Gasteiger charge is 2.55. The van der Waals surface area contributed by atoms with Gasteiger partial charge in [-0.3, -0.25) is 14.5 Å². The van der Waals surface area contributed by atoms with Crippen LogP contribution < -0.4 is 5.56 Å². The zero-order chi connectivity index (χ0) is 20.7. The maximum atomic E-state index is 13.3. The molecule has 2 aliphatic rings. The number of halogens is 1. The van der Waals surface area contributed by atoms with Crippen LogP contribution in [0.2, 0.25) is 0 Å². The van der Waals surface area contributed by atoms with E-state index < -0.39 is 5.92 Å². The molecule has 29 heavy (non-hydrogen) atoms. The number of ether oxygens (including phenoxy) is 1. The molecule has 0 spiro atoms. The van der Waals surface area contributed by atoms with Gasteiger partial charge < -0.3 is 14.4 Å². The van der Waals surface area contributed by atoms with Gasteiger partial charge in [0.05, 0.1) is 19.1 Å². The van der Waals surface area contributed by atoms with Crippen molar-refractivity contribution >= 4 is 5.97 Å². The predicted molar refractivity (Wildman–Crippen MR) is 106 cm³/mol. The van der Waals surface area contributed by atoms with Crippen LogP contribution in [0.4, 0.5) is 4.39 Å². The number of hydrogen-bond donors (Lipinski definition) is 1. The first-order valence-electron chi connectivity index (χ1n) is 9.95. The molecule has 0 radical (unpaired) electrons. The van der Waals surface area contributed by atoms with Gasteiger partial charge in [-0.2, -0.15) is 0 Å². The number of benzene rings is 1. The lowest BCUT2D eigenvalue weighted by Crippen LogP contribution is -2.46. The van der Waals surface area contributed by atoms with E-state index in [9.17, 15) is 19.1 Å². The van der Waals surface area contributed by atoms with E-state index in [0.717, 1.165) is 18.7 Å². The molecule has 1 aromatic carbocycles. The van der Waals surface area contributed by atoms with Crippen molar-refractivity contribution in [1.82, 2.24) is 9.47 Å². The number of esters is 1. The van der Waals surface area contributed by atoms with Crippen molar-refractivity contribution in [2.75, 3.05) is 20.3 Å². The van der Waals surface area contributed by atoms with Gasteiger partial charge >= 0.3 is 5.97 Å². The Morgan fingerprint density at radius 3 is 2.59 bits per heavy atom. The highest BCUT2D eigenvalue weighted by atomic mass is 19.1. The molecule has 4 atom stereocenters. The van der Waals surface area contributed by atoms with E-state index in [0.29, 0.717) is 17.7 Å². The van der Waals surface area contributed by atoms with E-state index in [1.165, 1.54) is 19.2 Å². The van der Waals surface area contributed by atoms with E-state index in [1.807, 2.05) is 6.07 Å². The summed E-state index contributed by atoms with van der Waals surface area (Å²) in [7, 11) is 1.36. The second kappa shape index (κ2) is 7.72. The highest BCUT2D eigenvalue weighted by Crippen LogP contribution is 2.48. The first-order chi connectivity index (χ1) is 14.0. The minimum Gasteiger partial charge on any atom is -0.469 e. The van der Waals surface area contributed by atoms with Crippen LogP contribution >= 0.6 is 0 Å². The van der Waals surface area contributed by atoms with Gasteiger partial charge in [0.2, 0.25) is 0 Å². The van der Waals surface area contributed by atoms with Gasteiger partial charge in [-0.05, 0) is 42.8 Å². The van der Waals surface area contributed by atoms with Crippen LogP contribution in [0.5, 0.6) is 0 Å². The predicted octanol–water partition coefficient (Wildman–Crippen LogP) is 2.20. The Bertz CT molecular complexity index is 972. The summed E-state index contributed by atoms with van der Waals surface area (Å²) in [4.78, 5) is 28.1. The molecule has 1 saturated heterocycles. The van der Waals surface area contributed by atoms with E-state index in [2.05, 4.69) is 11.8 Å². The van der Waals surface area contributed by atoms with E-state index in [1.54, 1.807) is 22.8 Å². The van der Waals surface area contributed by atoms with Crippen molar-refractivity contribution in [3.8, 4) is 11.1 Å². The first-order valence-corrected chi connectivity index (χ1v) is 9.95. The number of rotatable bonds is 5. The zero-order valence-electron chi connectivity index (χ0n) is 16.5. The summed E-state index contributed by atoms with van der Waals surface area (Å²) >= 11 is 0. The average molecular weight is 400 g/mol. The van der Waals surface area contributed by atoms with Gasteiger partial charge in [0.25, 0.3) is 5.56 Å². The molecular weight excluding hydrogens is 375 g/mol. The van der Waals surface area contributed by atoms with Gasteiger partial charge in [-0.1, -0.05) is 19.1 Å². The molecule has 0 unspecified atom stereocenters. The maximum absolute atomic E-state index is 13.3. The standard InChI is InChI=1S/C22H25FN2O4/c1-3-10-24-18-11-25-17(20(24)19(16(18)12-26)22(28)29-2)9-8-15(21(25)27)13-4-6-14(23)7-5-13/h4-9,16,18-20,26H,3,10-12H2,1-2H3/t16-,18-,19+,20+/m0/s1. The molecule has 1 aromatic heterocycles. The average Bonchev–Trinajstić information content (AvgIpc) is 2.93. The second-order valence-corrected chi connectivity index (χ2v) is 7.74. The summed E-state index contributed by atoms with van der Waals surface area (Å²) in [5.74, 6) is -1.54. The van der Waals surface area contributed by atoms with Crippen LogP contribution in [0, 0.1) is 17.7 Å². The Labute approximate surface area is 168 Å². The summed E-state index contributed by atoms with van der Waals surface area (Å²) in [6.45, 7) is 3.10. The fourth-order valence-corrected chi connectivity index (χ4v) is 5.04. The molecule has 1 fully saturated rings. The number of aromatic nitrogens is 1. The number of fused-ring (bicyclic) bond motifs is 4. The fraction of sp³-hybridized carbons (Fsp3) is 0.455. The van der Waals surface area contributed by atoms with Crippen molar-refractivity contribution < 1.29 is 19.0 Å². The van der Waals surface area contributed by atoms with Crippen molar-refractivity contribution in [3.05, 3.63) is 58.3 Å². The molecule has 2 aliphatic heterocycles. The van der Waals surface area contributed by atoms with Crippen molar-refractivity contribution in [3.63, 3.8) is 0 Å². The van der Waals surface area contributed by atoms with Crippen molar-refractivity contribution in [2.24, 2.45) is 11.8 Å². The third kappa shape index (κ3) is 3.09. The summed E-state index contributed by atoms with van der Waals surface area (Å²) in [6, 6.07) is 9.03. The normalized spacial score (nSPS) is 25.7. The number of methoxy groups -OCH3 is 1. The third-order valence-electron chi connectivity index (χ3n) is 6.28. The summed E-state index contributed by atoms with van der Waals surface area (Å²) in [6.07, 6.45) is 0.900. The van der Waals surface area contributed by atoms with Gasteiger partial charge in [0.1, 0.15) is 5.82 Å². The molecule has 2 aromatic rings. The maximum Gasteiger partial charge on any atom is 0.311 e. The van der Waals surface area contributed by atoms with Crippen molar-refractivity contribution in [1.29, 1.82) is 0 Å².